The van der Waals surface area contributed by atoms with Crippen molar-refractivity contribution >= 4 is 5.97 Å². The third-order valence-electron chi connectivity index (χ3n) is 1.89. The molecule has 0 spiro atoms. The van der Waals surface area contributed by atoms with Gasteiger partial charge in [0.15, 0.2) is 12.4 Å². The largest absolute Gasteiger partial charge is 0.467 e. The van der Waals surface area contributed by atoms with Crippen LogP contribution in [0.15, 0.2) is 0 Å². The van der Waals surface area contributed by atoms with Crippen molar-refractivity contribution in [2.45, 2.75) is 24.6 Å². The first-order valence-corrected chi connectivity index (χ1v) is 3.74. The summed E-state index contributed by atoms with van der Waals surface area (Å²) in [5.74, 6) is -0.730. The Morgan fingerprint density at radius 2 is 1.92 bits per heavy atom. The van der Waals surface area contributed by atoms with Crippen molar-refractivity contribution in [2.24, 2.45) is 0 Å². The van der Waals surface area contributed by atoms with Crippen LogP contribution >= 0.6 is 0 Å². The third kappa shape index (κ3) is 1.80. The average Bonchev–Trinajstić information content (AvgIpc) is 2.43. The van der Waals surface area contributed by atoms with E-state index in [4.69, 9.17) is 4.74 Å². The fourth-order valence-corrected chi connectivity index (χ4v) is 1.15. The maximum atomic E-state index is 11.0. The summed E-state index contributed by atoms with van der Waals surface area (Å²) in [5, 5.41) is 18.6. The summed E-state index contributed by atoms with van der Waals surface area (Å²) < 4.78 is 13.9. The number of methoxy groups -OCH3 is 2. The van der Waals surface area contributed by atoms with Gasteiger partial charge in [-0.25, -0.2) is 4.79 Å². The van der Waals surface area contributed by atoms with Crippen LogP contribution in [0.5, 0.6) is 0 Å². The van der Waals surface area contributed by atoms with Gasteiger partial charge in [0.05, 0.1) is 7.11 Å². The Morgan fingerprint density at radius 1 is 1.31 bits per heavy atom. The number of rotatable bonds is 2. The summed E-state index contributed by atoms with van der Waals surface area (Å²) in [6, 6.07) is 0. The van der Waals surface area contributed by atoms with Crippen molar-refractivity contribution in [1.82, 2.24) is 0 Å². The Morgan fingerprint density at radius 3 is 2.31 bits per heavy atom. The van der Waals surface area contributed by atoms with Crippen LogP contribution in [0.2, 0.25) is 0 Å². The van der Waals surface area contributed by atoms with E-state index in [1.54, 1.807) is 0 Å². The molecule has 0 bridgehead atoms. The molecule has 1 rings (SSSR count). The zero-order chi connectivity index (χ0) is 10.0. The van der Waals surface area contributed by atoms with E-state index in [2.05, 4.69) is 9.47 Å². The zero-order valence-corrected chi connectivity index (χ0v) is 7.34. The highest BCUT2D eigenvalue weighted by atomic mass is 16.7. The van der Waals surface area contributed by atoms with Crippen LogP contribution in [-0.4, -0.2) is 55.0 Å². The summed E-state index contributed by atoms with van der Waals surface area (Å²) in [6.45, 7) is 0. The van der Waals surface area contributed by atoms with Gasteiger partial charge in [-0.15, -0.1) is 0 Å². The molecule has 0 aromatic rings. The highest BCUT2D eigenvalue weighted by molar-refractivity contribution is 5.75. The second-order valence-corrected chi connectivity index (χ2v) is 2.67. The molecule has 0 radical (unpaired) electrons. The lowest BCUT2D eigenvalue weighted by molar-refractivity contribution is -0.174. The lowest BCUT2D eigenvalue weighted by atomic mass is 10.1. The molecule has 1 saturated heterocycles. The van der Waals surface area contributed by atoms with E-state index in [1.165, 1.54) is 14.2 Å². The molecule has 6 heteroatoms. The first-order valence-electron chi connectivity index (χ1n) is 3.74. The van der Waals surface area contributed by atoms with Gasteiger partial charge in [-0.1, -0.05) is 0 Å². The van der Waals surface area contributed by atoms with E-state index >= 15 is 0 Å². The Kier molecular flexibility index (Phi) is 3.21. The normalized spacial score (nSPS) is 39.1. The minimum Gasteiger partial charge on any atom is -0.467 e. The first kappa shape index (κ1) is 10.4. The van der Waals surface area contributed by atoms with Gasteiger partial charge in [0.1, 0.15) is 12.2 Å². The molecule has 1 aliphatic heterocycles. The van der Waals surface area contributed by atoms with Crippen molar-refractivity contribution < 1.29 is 29.2 Å². The molecule has 0 aliphatic carbocycles. The summed E-state index contributed by atoms with van der Waals surface area (Å²) in [4.78, 5) is 11.0. The van der Waals surface area contributed by atoms with Gasteiger partial charge in [-0.2, -0.15) is 0 Å². The molecule has 1 aliphatic rings. The van der Waals surface area contributed by atoms with E-state index in [0.29, 0.717) is 0 Å². The molecular formula is C7H12O6. The van der Waals surface area contributed by atoms with Crippen LogP contribution in [0.3, 0.4) is 0 Å². The topological polar surface area (TPSA) is 85.2 Å². The summed E-state index contributed by atoms with van der Waals surface area (Å²) in [7, 11) is 2.48. The molecule has 13 heavy (non-hydrogen) atoms. The minimum atomic E-state index is -1.31. The van der Waals surface area contributed by atoms with Crippen LogP contribution in [0.4, 0.5) is 0 Å². The van der Waals surface area contributed by atoms with E-state index in [0.717, 1.165) is 0 Å². The predicted molar refractivity (Wildman–Crippen MR) is 39.7 cm³/mol. The number of aliphatic hydroxyl groups excluding tert-OH is 2. The maximum absolute atomic E-state index is 11.0. The van der Waals surface area contributed by atoms with Gasteiger partial charge < -0.3 is 24.4 Å². The highest BCUT2D eigenvalue weighted by Gasteiger charge is 2.47. The number of aliphatic hydroxyl groups is 2. The van der Waals surface area contributed by atoms with Crippen molar-refractivity contribution in [3.05, 3.63) is 0 Å². The maximum Gasteiger partial charge on any atom is 0.337 e. The number of hydrogen-bond acceptors (Lipinski definition) is 6. The summed E-state index contributed by atoms with van der Waals surface area (Å²) in [6.07, 6.45) is -4.70. The molecular weight excluding hydrogens is 180 g/mol. The molecule has 1 fully saturated rings. The summed E-state index contributed by atoms with van der Waals surface area (Å²) >= 11 is 0. The fourth-order valence-electron chi connectivity index (χ4n) is 1.15. The number of carbonyl (C=O) groups excluding carboxylic acids is 1. The van der Waals surface area contributed by atoms with E-state index in [9.17, 15) is 15.0 Å². The van der Waals surface area contributed by atoms with Crippen LogP contribution in [0, 0.1) is 0 Å². The molecule has 2 N–H and O–H groups in total. The third-order valence-corrected chi connectivity index (χ3v) is 1.89. The number of hydrogen-bond donors (Lipinski definition) is 2. The standard InChI is InChI=1S/C7H12O6/c1-11-6(10)5-3(8)4(9)7(12-2)13-5/h3-5,7-9H,1-2H3/t3-,4+,5+,7?/m0/s1. The fraction of sp³-hybridized carbons (Fsp3) is 0.857. The van der Waals surface area contributed by atoms with Gasteiger partial charge in [0.2, 0.25) is 0 Å². The lowest BCUT2D eigenvalue weighted by Crippen LogP contribution is -2.37. The van der Waals surface area contributed by atoms with Crippen molar-refractivity contribution in [1.29, 1.82) is 0 Å². The predicted octanol–water partition coefficient (Wildman–Crippen LogP) is -1.75. The van der Waals surface area contributed by atoms with Gasteiger partial charge in [-0.3, -0.25) is 0 Å². The molecule has 4 atom stereocenters. The van der Waals surface area contributed by atoms with Gasteiger partial charge in [0.25, 0.3) is 0 Å². The molecule has 1 heterocycles. The Bertz CT molecular complexity index is 193. The lowest BCUT2D eigenvalue weighted by Gasteiger charge is -2.11. The molecule has 0 aromatic heterocycles. The smallest absolute Gasteiger partial charge is 0.337 e. The van der Waals surface area contributed by atoms with Crippen molar-refractivity contribution in [2.75, 3.05) is 14.2 Å². The number of ether oxygens (including phenoxy) is 3. The first-order chi connectivity index (χ1) is 6.11. The molecule has 76 valence electrons. The Hall–Kier alpha value is -0.690. The molecule has 0 amide bonds. The average molecular weight is 192 g/mol. The van der Waals surface area contributed by atoms with E-state index in [1.807, 2.05) is 0 Å². The van der Waals surface area contributed by atoms with Crippen LogP contribution in [0.1, 0.15) is 0 Å². The monoisotopic (exact) mass is 192 g/mol. The number of carbonyl (C=O) groups is 1. The summed E-state index contributed by atoms with van der Waals surface area (Å²) in [5.41, 5.74) is 0. The highest BCUT2D eigenvalue weighted by Crippen LogP contribution is 2.22. The van der Waals surface area contributed by atoms with Crippen LogP contribution < -0.4 is 0 Å². The molecule has 0 aromatic carbocycles. The van der Waals surface area contributed by atoms with Gasteiger partial charge in [0, 0.05) is 7.11 Å². The quantitative estimate of drug-likeness (QED) is 0.505. The second-order valence-electron chi connectivity index (χ2n) is 2.67. The van der Waals surface area contributed by atoms with Crippen molar-refractivity contribution in [3.63, 3.8) is 0 Å². The molecule has 1 unspecified atom stereocenters. The van der Waals surface area contributed by atoms with Gasteiger partial charge >= 0.3 is 5.97 Å². The van der Waals surface area contributed by atoms with E-state index < -0.39 is 30.6 Å². The Labute approximate surface area is 75.0 Å². The van der Waals surface area contributed by atoms with E-state index in [-0.39, 0.29) is 0 Å². The van der Waals surface area contributed by atoms with Crippen molar-refractivity contribution in [3.8, 4) is 0 Å². The van der Waals surface area contributed by atoms with Crippen LogP contribution in [-0.2, 0) is 19.0 Å². The molecule has 6 nitrogen and oxygen atoms in total. The number of esters is 1. The zero-order valence-electron chi connectivity index (χ0n) is 7.34. The SMILES string of the molecule is COC(=O)[C@@H]1OC(OC)[C@H](O)[C@@H]1O. The van der Waals surface area contributed by atoms with Crippen LogP contribution in [0.25, 0.3) is 0 Å². The second kappa shape index (κ2) is 4.01. The molecule has 0 saturated carbocycles. The Balaban J connectivity index is 2.65. The minimum absolute atomic E-state index is 0.730. The van der Waals surface area contributed by atoms with Gasteiger partial charge in [-0.05, 0) is 0 Å².